The zero-order valence-corrected chi connectivity index (χ0v) is 21.6. The lowest BCUT2D eigenvalue weighted by Gasteiger charge is -2.24. The van der Waals surface area contributed by atoms with Gasteiger partial charge in [0.1, 0.15) is 6.04 Å². The minimum Gasteiger partial charge on any atom is -0.351 e. The lowest BCUT2D eigenvalue weighted by molar-refractivity contribution is -0.384. The Morgan fingerprint density at radius 1 is 1.00 bits per heavy atom. The monoisotopic (exact) mass is 512 g/mol. The normalized spacial score (nSPS) is 12.4. The van der Waals surface area contributed by atoms with Crippen molar-refractivity contribution < 1.29 is 24.1 Å². The quantitative estimate of drug-likeness (QED) is 0.243. The lowest BCUT2D eigenvalue weighted by atomic mass is 10.0. The van der Waals surface area contributed by atoms with Gasteiger partial charge in [0, 0.05) is 30.2 Å². The molecule has 0 spiro atoms. The van der Waals surface area contributed by atoms with Crippen molar-refractivity contribution >= 4 is 23.4 Å². The largest absolute Gasteiger partial charge is 0.351 e. The summed E-state index contributed by atoms with van der Waals surface area (Å²) >= 11 is 0. The van der Waals surface area contributed by atoms with Crippen LogP contribution >= 0.6 is 0 Å². The molecule has 0 radical (unpaired) electrons. The number of amides is 3. The minimum atomic E-state index is -0.829. The summed E-state index contributed by atoms with van der Waals surface area (Å²) in [6.07, 6.45) is 2.72. The second kappa shape index (κ2) is 15.4. The fourth-order valence-electron chi connectivity index (χ4n) is 3.70. The molecule has 2 rings (SSSR count). The summed E-state index contributed by atoms with van der Waals surface area (Å²) in [7, 11) is 0. The Balaban J connectivity index is 1.99. The molecule has 3 amide bonds. The van der Waals surface area contributed by atoms with E-state index < -0.39 is 22.9 Å². The number of non-ortho nitro benzene ring substituents is 1. The van der Waals surface area contributed by atoms with E-state index in [1.807, 2.05) is 51.1 Å². The van der Waals surface area contributed by atoms with Crippen LogP contribution < -0.4 is 16.1 Å². The molecule has 0 aliphatic heterocycles. The van der Waals surface area contributed by atoms with Gasteiger partial charge in [0.05, 0.1) is 11.5 Å². The van der Waals surface area contributed by atoms with Gasteiger partial charge in [-0.25, -0.2) is 5.48 Å². The first-order valence-corrected chi connectivity index (χ1v) is 12.5. The molecule has 0 bridgehead atoms. The van der Waals surface area contributed by atoms with E-state index in [2.05, 4.69) is 16.1 Å². The van der Waals surface area contributed by atoms with Crippen LogP contribution in [0.1, 0.15) is 68.8 Å². The van der Waals surface area contributed by atoms with Gasteiger partial charge < -0.3 is 10.6 Å². The molecule has 0 heterocycles. The fourth-order valence-corrected chi connectivity index (χ4v) is 3.70. The highest BCUT2D eigenvalue weighted by atomic mass is 16.7. The fraction of sp³-hybridized carbons (Fsp3) is 0.444. The van der Waals surface area contributed by atoms with Gasteiger partial charge in [-0.05, 0) is 36.5 Å². The molecule has 10 nitrogen and oxygen atoms in total. The van der Waals surface area contributed by atoms with Crippen molar-refractivity contribution in [3.63, 3.8) is 0 Å². The molecule has 2 atom stereocenters. The number of nitrogens with one attached hydrogen (secondary N) is 3. The molecule has 3 N–H and O–H groups in total. The van der Waals surface area contributed by atoms with Crippen LogP contribution in [-0.2, 0) is 21.0 Å². The number of rotatable bonds is 15. The van der Waals surface area contributed by atoms with E-state index in [1.54, 1.807) is 0 Å². The van der Waals surface area contributed by atoms with Crippen LogP contribution in [-0.4, -0.2) is 34.7 Å². The van der Waals surface area contributed by atoms with Crippen LogP contribution in [0, 0.1) is 16.0 Å². The van der Waals surface area contributed by atoms with Crippen molar-refractivity contribution in [3.8, 4) is 0 Å². The predicted molar refractivity (Wildman–Crippen MR) is 139 cm³/mol. The van der Waals surface area contributed by atoms with Crippen LogP contribution in [0.15, 0.2) is 54.6 Å². The first kappa shape index (κ1) is 29.4. The van der Waals surface area contributed by atoms with E-state index in [4.69, 9.17) is 4.84 Å². The second-order valence-electron chi connectivity index (χ2n) is 9.31. The van der Waals surface area contributed by atoms with E-state index in [9.17, 15) is 24.5 Å². The molecular formula is C27H36N4O6. The SMILES string of the molecule is CCCC[C@@H](CC(=O)NOCc1ccccc1)NC(=O)[C@H](CC(C)C)NC(=O)c1ccc([N+](=O)[O-])cc1. The summed E-state index contributed by atoms with van der Waals surface area (Å²) in [5, 5.41) is 16.5. The van der Waals surface area contributed by atoms with Gasteiger partial charge in [0.2, 0.25) is 11.8 Å². The summed E-state index contributed by atoms with van der Waals surface area (Å²) in [5.74, 6) is -1.14. The van der Waals surface area contributed by atoms with Crippen LogP contribution in [0.25, 0.3) is 0 Å². The first-order valence-electron chi connectivity index (χ1n) is 12.5. The summed E-state index contributed by atoms with van der Waals surface area (Å²) in [4.78, 5) is 54.0. The predicted octanol–water partition coefficient (Wildman–Crippen LogP) is 4.05. The number of nitro groups is 1. The standard InChI is InChI=1S/C27H36N4O6/c1-4-5-11-22(17-25(32)30-37-18-20-9-7-6-8-10-20)28-27(34)24(16-19(2)3)29-26(33)21-12-14-23(15-13-21)31(35)36/h6-10,12-15,19,22,24H,4-5,11,16-18H2,1-3H3,(H,28,34)(H,29,33)(H,30,32)/t22-,24-/m0/s1. The van der Waals surface area contributed by atoms with Crippen molar-refractivity contribution in [1.82, 2.24) is 16.1 Å². The molecule has 2 aromatic carbocycles. The number of nitrogens with zero attached hydrogens (tertiary/aromatic N) is 1. The summed E-state index contributed by atoms with van der Waals surface area (Å²) in [6.45, 7) is 6.12. The molecule has 0 saturated carbocycles. The minimum absolute atomic E-state index is 0.0330. The molecule has 0 aliphatic carbocycles. The van der Waals surface area contributed by atoms with Crippen molar-refractivity contribution in [2.45, 2.75) is 71.6 Å². The molecule has 2 aromatic rings. The van der Waals surface area contributed by atoms with E-state index in [0.29, 0.717) is 12.8 Å². The van der Waals surface area contributed by atoms with E-state index >= 15 is 0 Å². The topological polar surface area (TPSA) is 140 Å². The molecule has 10 heteroatoms. The third-order valence-corrected chi connectivity index (χ3v) is 5.62. The number of unbranched alkanes of at least 4 members (excludes halogenated alkanes) is 1. The van der Waals surface area contributed by atoms with Gasteiger partial charge >= 0.3 is 0 Å². The molecule has 0 aromatic heterocycles. The molecular weight excluding hydrogens is 476 g/mol. The Labute approximate surface area is 217 Å². The highest BCUT2D eigenvalue weighted by molar-refractivity contribution is 5.97. The number of carbonyl (C=O) groups is 3. The third kappa shape index (κ3) is 10.8. The second-order valence-corrected chi connectivity index (χ2v) is 9.31. The summed E-state index contributed by atoms with van der Waals surface area (Å²) in [5.41, 5.74) is 3.43. The van der Waals surface area contributed by atoms with Gasteiger partial charge in [-0.3, -0.25) is 29.3 Å². The molecule has 0 saturated heterocycles. The number of hydroxylamine groups is 1. The Morgan fingerprint density at radius 3 is 2.27 bits per heavy atom. The van der Waals surface area contributed by atoms with Crippen LogP contribution in [0.3, 0.4) is 0 Å². The summed E-state index contributed by atoms with van der Waals surface area (Å²) in [6, 6.07) is 13.3. The zero-order chi connectivity index (χ0) is 27.2. The molecule has 0 aliphatic rings. The summed E-state index contributed by atoms with van der Waals surface area (Å²) < 4.78 is 0. The number of carbonyl (C=O) groups excluding carboxylic acids is 3. The highest BCUT2D eigenvalue weighted by Gasteiger charge is 2.26. The van der Waals surface area contributed by atoms with Gasteiger partial charge in [0.15, 0.2) is 0 Å². The smallest absolute Gasteiger partial charge is 0.269 e. The Morgan fingerprint density at radius 2 is 1.68 bits per heavy atom. The number of hydrogen-bond acceptors (Lipinski definition) is 6. The molecule has 0 fully saturated rings. The van der Waals surface area contributed by atoms with E-state index in [0.717, 1.165) is 18.4 Å². The molecule has 37 heavy (non-hydrogen) atoms. The van der Waals surface area contributed by atoms with Gasteiger partial charge in [0.25, 0.3) is 11.6 Å². The average molecular weight is 513 g/mol. The van der Waals surface area contributed by atoms with Crippen LogP contribution in [0.2, 0.25) is 0 Å². The van der Waals surface area contributed by atoms with Crippen molar-refractivity contribution in [2.75, 3.05) is 0 Å². The van der Waals surface area contributed by atoms with Gasteiger partial charge in [-0.1, -0.05) is 63.9 Å². The van der Waals surface area contributed by atoms with Gasteiger partial charge in [-0.2, -0.15) is 0 Å². The number of nitro benzene ring substituents is 1. The maximum absolute atomic E-state index is 13.2. The van der Waals surface area contributed by atoms with Gasteiger partial charge in [-0.15, -0.1) is 0 Å². The van der Waals surface area contributed by atoms with Crippen molar-refractivity contribution in [3.05, 3.63) is 75.8 Å². The first-order chi connectivity index (χ1) is 17.7. The maximum Gasteiger partial charge on any atom is 0.269 e. The van der Waals surface area contributed by atoms with Crippen molar-refractivity contribution in [2.24, 2.45) is 5.92 Å². The zero-order valence-electron chi connectivity index (χ0n) is 21.6. The number of benzene rings is 2. The van der Waals surface area contributed by atoms with Crippen LogP contribution in [0.5, 0.6) is 0 Å². The van der Waals surface area contributed by atoms with Crippen LogP contribution in [0.4, 0.5) is 5.69 Å². The number of hydrogen-bond donors (Lipinski definition) is 3. The Bertz CT molecular complexity index is 1030. The highest BCUT2D eigenvalue weighted by Crippen LogP contribution is 2.14. The van der Waals surface area contributed by atoms with E-state index in [1.165, 1.54) is 24.3 Å². The Kier molecular flexibility index (Phi) is 12.2. The molecule has 0 unspecified atom stereocenters. The van der Waals surface area contributed by atoms with Crippen molar-refractivity contribution in [1.29, 1.82) is 0 Å². The average Bonchev–Trinajstić information content (AvgIpc) is 2.87. The third-order valence-electron chi connectivity index (χ3n) is 5.62. The maximum atomic E-state index is 13.2. The molecule has 200 valence electrons. The van der Waals surface area contributed by atoms with E-state index in [-0.39, 0.29) is 42.0 Å². The lowest BCUT2D eigenvalue weighted by Crippen LogP contribution is -2.51. The Hall–Kier alpha value is -3.79.